The fourth-order valence-electron chi connectivity index (χ4n) is 9.38. The molecule has 2 aliphatic rings. The molecule has 9 aromatic carbocycles. The van der Waals surface area contributed by atoms with Crippen LogP contribution >= 0.6 is 8.22 Å². The Morgan fingerprint density at radius 1 is 0.393 bits per heavy atom. The maximum atomic E-state index is 2.56. The number of hydrogen-bond acceptors (Lipinski definition) is 3. The highest BCUT2D eigenvalue weighted by Gasteiger charge is 2.40. The van der Waals surface area contributed by atoms with E-state index in [2.05, 4.69) is 259 Å². The van der Waals surface area contributed by atoms with E-state index in [1.54, 1.807) is 0 Å². The Morgan fingerprint density at radius 2 is 0.918 bits per heavy atom. The molecule has 1 aliphatic heterocycles. The van der Waals surface area contributed by atoms with E-state index in [0.717, 1.165) is 11.4 Å². The molecule has 0 radical (unpaired) electrons. The molecule has 1 unspecified atom stereocenters. The Morgan fingerprint density at radius 3 is 1.62 bits per heavy atom. The molecule has 3 nitrogen and oxygen atoms in total. The number of anilines is 7. The lowest BCUT2D eigenvalue weighted by molar-refractivity contribution is 0.660. The Hall–Kier alpha value is -7.19. The summed E-state index contributed by atoms with van der Waals surface area (Å²) >= 11 is 0. The van der Waals surface area contributed by atoms with Crippen molar-refractivity contribution in [2.75, 3.05) is 14.2 Å². The van der Waals surface area contributed by atoms with Gasteiger partial charge in [-0.3, -0.25) is 9.34 Å². The molecule has 292 valence electrons. The zero-order valence-corrected chi connectivity index (χ0v) is 35.1. The first-order valence-electron chi connectivity index (χ1n) is 21.0. The predicted octanol–water partition coefficient (Wildman–Crippen LogP) is 15.7. The molecule has 11 rings (SSSR count). The summed E-state index contributed by atoms with van der Waals surface area (Å²) in [5, 5.41) is 1.29. The summed E-state index contributed by atoms with van der Waals surface area (Å²) in [4.78, 5) is 2.46. The van der Waals surface area contributed by atoms with Crippen LogP contribution in [0.3, 0.4) is 0 Å². The maximum absolute atomic E-state index is 2.56. The predicted molar refractivity (Wildman–Crippen MR) is 260 cm³/mol. The van der Waals surface area contributed by atoms with E-state index in [9.17, 15) is 0 Å². The van der Waals surface area contributed by atoms with Crippen LogP contribution < -0.4 is 19.5 Å². The van der Waals surface area contributed by atoms with Gasteiger partial charge in [0.05, 0.1) is 17.1 Å². The molecule has 61 heavy (non-hydrogen) atoms. The number of nitrogens with zero attached hydrogens (tertiary/aromatic N) is 3. The number of fused-ring (bicyclic) bond motifs is 4. The molecule has 0 saturated carbocycles. The maximum Gasteiger partial charge on any atom is 0.138 e. The van der Waals surface area contributed by atoms with Crippen molar-refractivity contribution >= 4 is 53.3 Å². The van der Waals surface area contributed by atoms with Crippen molar-refractivity contribution in [3.63, 3.8) is 0 Å². The van der Waals surface area contributed by atoms with Crippen LogP contribution in [0.2, 0.25) is 0 Å². The molecule has 1 heterocycles. The minimum atomic E-state index is -0.981. The van der Waals surface area contributed by atoms with Crippen molar-refractivity contribution in [3.8, 4) is 33.4 Å². The van der Waals surface area contributed by atoms with Gasteiger partial charge in [0.1, 0.15) is 8.22 Å². The Labute approximate surface area is 360 Å². The summed E-state index contributed by atoms with van der Waals surface area (Å²) in [5.74, 6) is 0. The molecular formula is C57H44N3P. The van der Waals surface area contributed by atoms with Crippen LogP contribution in [0.15, 0.2) is 231 Å². The van der Waals surface area contributed by atoms with Crippen LogP contribution in [0.5, 0.6) is 0 Å². The normalized spacial score (nSPS) is 14.6. The van der Waals surface area contributed by atoms with Gasteiger partial charge in [-0.2, -0.15) is 0 Å². The second kappa shape index (κ2) is 15.1. The SMILES string of the molecule is CC1(C)c2ccccc2-c2c(N(c3ccc(-c4ccc5c(c4)N(c4ccccc4)P(c4ccccc4)N5c4ccccc4)cc3)c3cccc(-c4ccccc4)c3)cccc21. The standard InChI is InChI=1S/C57H44N3P/c1-57(2)51-30-16-15-29-50(51)56-52(57)31-18-32-54(56)58(48-26-17-21-43(39-48)41-19-7-3-8-20-41)45-36-33-42(34-37-45)44-35-38-53-55(40-44)60(47-24-11-5-12-25-47)61(49-27-13-6-14-28-49)59(53)46-22-9-4-10-23-46/h3-40H,1-2H3. The topological polar surface area (TPSA) is 9.72 Å². The van der Waals surface area contributed by atoms with Crippen molar-refractivity contribution in [3.05, 3.63) is 242 Å². The average molecular weight is 802 g/mol. The monoisotopic (exact) mass is 801 g/mol. The Kier molecular flexibility index (Phi) is 9.14. The first-order chi connectivity index (χ1) is 30.0. The first kappa shape index (κ1) is 36.9. The minimum absolute atomic E-state index is 0.110. The zero-order valence-electron chi connectivity index (χ0n) is 34.2. The summed E-state index contributed by atoms with van der Waals surface area (Å²) in [6, 6.07) is 84.3. The Balaban J connectivity index is 1.05. The fourth-order valence-corrected chi connectivity index (χ4v) is 11.9. The second-order valence-corrected chi connectivity index (χ2v) is 18.2. The van der Waals surface area contributed by atoms with Crippen LogP contribution in [0, 0.1) is 0 Å². The molecule has 0 spiro atoms. The molecule has 1 aliphatic carbocycles. The summed E-state index contributed by atoms with van der Waals surface area (Å²) in [6.07, 6.45) is 0. The molecule has 0 aromatic heterocycles. The van der Waals surface area contributed by atoms with Crippen molar-refractivity contribution in [1.82, 2.24) is 0 Å². The van der Waals surface area contributed by atoms with Gasteiger partial charge in [-0.05, 0) is 106 Å². The lowest BCUT2D eigenvalue weighted by Gasteiger charge is -2.32. The van der Waals surface area contributed by atoms with E-state index in [4.69, 9.17) is 0 Å². The molecule has 0 N–H and O–H groups in total. The van der Waals surface area contributed by atoms with Crippen LogP contribution in [-0.4, -0.2) is 0 Å². The minimum Gasteiger partial charge on any atom is -0.310 e. The molecule has 0 bridgehead atoms. The lowest BCUT2D eigenvalue weighted by Crippen LogP contribution is -2.21. The van der Waals surface area contributed by atoms with E-state index in [-0.39, 0.29) is 5.41 Å². The smallest absolute Gasteiger partial charge is 0.138 e. The van der Waals surface area contributed by atoms with Gasteiger partial charge in [-0.25, -0.2) is 0 Å². The molecule has 0 saturated heterocycles. The van der Waals surface area contributed by atoms with E-state index in [1.165, 1.54) is 78.2 Å². The second-order valence-electron chi connectivity index (χ2n) is 16.3. The van der Waals surface area contributed by atoms with Crippen molar-refractivity contribution in [2.24, 2.45) is 0 Å². The van der Waals surface area contributed by atoms with Gasteiger partial charge in [0.15, 0.2) is 0 Å². The lowest BCUT2D eigenvalue weighted by atomic mass is 9.82. The number of para-hydroxylation sites is 2. The molecule has 1 atom stereocenters. The molecule has 0 amide bonds. The summed E-state index contributed by atoms with van der Waals surface area (Å²) < 4.78 is 5.10. The van der Waals surface area contributed by atoms with E-state index >= 15 is 0 Å². The third-order valence-electron chi connectivity index (χ3n) is 12.3. The van der Waals surface area contributed by atoms with E-state index in [0.29, 0.717) is 0 Å². The largest absolute Gasteiger partial charge is 0.310 e. The Bertz CT molecular complexity index is 3000. The van der Waals surface area contributed by atoms with Crippen molar-refractivity contribution in [1.29, 1.82) is 0 Å². The van der Waals surface area contributed by atoms with Crippen molar-refractivity contribution in [2.45, 2.75) is 19.3 Å². The molecule has 9 aromatic rings. The number of benzene rings is 9. The third kappa shape index (κ3) is 6.33. The summed E-state index contributed by atoms with van der Waals surface area (Å²) in [6.45, 7) is 4.71. The van der Waals surface area contributed by atoms with Gasteiger partial charge >= 0.3 is 0 Å². The van der Waals surface area contributed by atoms with Gasteiger partial charge in [0.2, 0.25) is 0 Å². The molecule has 4 heteroatoms. The number of rotatable bonds is 8. The van der Waals surface area contributed by atoms with Crippen molar-refractivity contribution < 1.29 is 0 Å². The van der Waals surface area contributed by atoms with E-state index in [1.807, 2.05) is 0 Å². The van der Waals surface area contributed by atoms with Gasteiger partial charge in [-0.1, -0.05) is 178 Å². The summed E-state index contributed by atoms with van der Waals surface area (Å²) in [5.41, 5.74) is 18.1. The first-order valence-corrected chi connectivity index (χ1v) is 22.3. The molecule has 0 fully saturated rings. The van der Waals surface area contributed by atoms with Crippen LogP contribution in [-0.2, 0) is 5.41 Å². The summed E-state index contributed by atoms with van der Waals surface area (Å²) in [7, 11) is -0.981. The average Bonchev–Trinajstić information content (AvgIpc) is 3.79. The highest BCUT2D eigenvalue weighted by Crippen LogP contribution is 2.65. The van der Waals surface area contributed by atoms with Gasteiger partial charge in [-0.15, -0.1) is 0 Å². The zero-order chi connectivity index (χ0) is 40.9. The fraction of sp³-hybridized carbons (Fsp3) is 0.0526. The van der Waals surface area contributed by atoms with Gasteiger partial charge in [0.25, 0.3) is 0 Å². The highest BCUT2D eigenvalue weighted by atomic mass is 31.1. The van der Waals surface area contributed by atoms with E-state index < -0.39 is 8.22 Å². The highest BCUT2D eigenvalue weighted by molar-refractivity contribution is 7.70. The number of hydrogen-bond donors (Lipinski definition) is 0. The van der Waals surface area contributed by atoms with Gasteiger partial charge < -0.3 is 4.90 Å². The van der Waals surface area contributed by atoms with Gasteiger partial charge in [0, 0.05) is 39.0 Å². The van der Waals surface area contributed by atoms with Crippen LogP contribution in [0.4, 0.5) is 39.8 Å². The third-order valence-corrected chi connectivity index (χ3v) is 14.7. The van der Waals surface area contributed by atoms with Crippen LogP contribution in [0.25, 0.3) is 33.4 Å². The quantitative estimate of drug-likeness (QED) is 0.142. The van der Waals surface area contributed by atoms with Crippen LogP contribution in [0.1, 0.15) is 25.0 Å². The molecular weight excluding hydrogens is 758 g/mol.